The number of esters is 1. The van der Waals surface area contributed by atoms with Crippen LogP contribution < -0.4 is 26.5 Å². The fraction of sp³-hybridized carbons (Fsp3) is 0.303. The number of nitrogens with one attached hydrogen (secondary N) is 3. The summed E-state index contributed by atoms with van der Waals surface area (Å²) in [5, 5.41) is 5.66. The molecule has 0 saturated carbocycles. The van der Waals surface area contributed by atoms with Crippen molar-refractivity contribution in [3.63, 3.8) is 0 Å². The van der Waals surface area contributed by atoms with Gasteiger partial charge in [0.15, 0.2) is 24.0 Å². The molecule has 0 spiro atoms. The second-order valence-electron chi connectivity index (χ2n) is 11.7. The first kappa shape index (κ1) is 39.1. The van der Waals surface area contributed by atoms with E-state index in [1.807, 2.05) is 0 Å². The van der Waals surface area contributed by atoms with Crippen molar-refractivity contribution in [3.8, 4) is 5.75 Å². The summed E-state index contributed by atoms with van der Waals surface area (Å²) in [6.45, 7) is 4.03. The highest BCUT2D eigenvalue weighted by atomic mass is 35.5. The highest BCUT2D eigenvalue weighted by Gasteiger charge is 2.36. The van der Waals surface area contributed by atoms with Crippen molar-refractivity contribution < 1.29 is 51.0 Å². The molecule has 0 radical (unpaired) electrons. The van der Waals surface area contributed by atoms with E-state index in [0.717, 1.165) is 0 Å². The monoisotopic (exact) mass is 723 g/mol. The van der Waals surface area contributed by atoms with Crippen LogP contribution in [0.3, 0.4) is 0 Å². The van der Waals surface area contributed by atoms with Crippen LogP contribution in [-0.4, -0.2) is 60.4 Å². The van der Waals surface area contributed by atoms with Crippen molar-refractivity contribution in [2.75, 3.05) is 25.5 Å². The number of amides is 4. The lowest BCUT2D eigenvalue weighted by molar-refractivity contribution is -0.154. The summed E-state index contributed by atoms with van der Waals surface area (Å²) in [6.07, 6.45) is 0. The van der Waals surface area contributed by atoms with Gasteiger partial charge in [0.1, 0.15) is 18.6 Å². The van der Waals surface area contributed by atoms with Gasteiger partial charge in [0.05, 0.1) is 17.3 Å². The van der Waals surface area contributed by atoms with Gasteiger partial charge < -0.3 is 25.8 Å². The molecule has 0 aliphatic carbocycles. The van der Waals surface area contributed by atoms with Gasteiger partial charge in [-0.15, -0.1) is 0 Å². The number of anilines is 1. The lowest BCUT2D eigenvalue weighted by Gasteiger charge is -2.32. The Balaban J connectivity index is 1.90. The van der Waals surface area contributed by atoms with Crippen LogP contribution in [0.1, 0.15) is 49.7 Å². The number of halogens is 5. The van der Waals surface area contributed by atoms with Crippen molar-refractivity contribution in [2.45, 2.75) is 39.8 Å². The molecule has 0 heterocycles. The molecule has 0 bridgehead atoms. The molecule has 0 saturated heterocycles. The number of nitrogen functional groups attached to an aromatic ring is 1. The summed E-state index contributed by atoms with van der Waals surface area (Å²) in [5.74, 6) is -14.0. The Bertz CT molecular complexity index is 1730. The van der Waals surface area contributed by atoms with Gasteiger partial charge in [-0.25, -0.2) is 13.8 Å². The third-order valence-electron chi connectivity index (χ3n) is 6.90. The van der Waals surface area contributed by atoms with Gasteiger partial charge >= 0.3 is 5.97 Å². The van der Waals surface area contributed by atoms with Crippen molar-refractivity contribution >= 4 is 46.9 Å². The molecule has 4 amide bonds. The van der Waals surface area contributed by atoms with Crippen LogP contribution in [0.25, 0.3) is 0 Å². The molecular weight excluding hydrogens is 690 g/mol. The van der Waals surface area contributed by atoms with E-state index in [-0.39, 0.29) is 34.5 Å². The molecule has 50 heavy (non-hydrogen) atoms. The van der Waals surface area contributed by atoms with Gasteiger partial charge in [-0.1, -0.05) is 62.7 Å². The average molecular weight is 724 g/mol. The van der Waals surface area contributed by atoms with E-state index in [1.165, 1.54) is 37.3 Å². The highest BCUT2D eigenvalue weighted by Crippen LogP contribution is 2.27. The zero-order valence-electron chi connectivity index (χ0n) is 27.2. The number of hydrogen-bond acceptors (Lipinski definition) is 8. The van der Waals surface area contributed by atoms with Crippen LogP contribution in [0.15, 0.2) is 54.6 Å². The van der Waals surface area contributed by atoms with E-state index < -0.39 is 89.3 Å². The fourth-order valence-corrected chi connectivity index (χ4v) is 4.52. The van der Waals surface area contributed by atoms with Crippen LogP contribution in [0.2, 0.25) is 5.02 Å². The minimum Gasteiger partial charge on any atom is -0.477 e. The van der Waals surface area contributed by atoms with Gasteiger partial charge in [-0.3, -0.25) is 29.4 Å². The number of carbonyl (C=O) groups excluding carboxylic acids is 5. The van der Waals surface area contributed by atoms with Crippen LogP contribution in [0.4, 0.5) is 23.2 Å². The van der Waals surface area contributed by atoms with Crippen LogP contribution in [-0.2, 0) is 23.9 Å². The molecule has 268 valence electrons. The van der Waals surface area contributed by atoms with Gasteiger partial charge in [0, 0.05) is 11.6 Å². The number of carbonyl (C=O) groups is 5. The quantitative estimate of drug-likeness (QED) is 0.0716. The number of nitrogens with zero attached hydrogens (tertiary/aromatic N) is 1. The maximum Gasteiger partial charge on any atom is 0.327 e. The molecule has 3 aromatic rings. The number of rotatable bonds is 12. The predicted octanol–water partition coefficient (Wildman–Crippen LogP) is 3.98. The highest BCUT2D eigenvalue weighted by molar-refractivity contribution is 6.33. The Morgan fingerprint density at radius 1 is 0.900 bits per heavy atom. The normalized spacial score (nSPS) is 12.3. The SMILES string of the molecule is CCOC(=O)CN(NC(=O)[C@H](NC(=O)[C@@H](NC(=O)c1ccc(N)c(Cl)c1)C(C)(C)C)c1ccccc1)C(=O)COc1c(F)c(F)cc(F)c1F. The molecule has 5 N–H and O–H groups in total. The molecule has 17 heteroatoms. The number of benzene rings is 3. The summed E-state index contributed by atoms with van der Waals surface area (Å²) in [4.78, 5) is 66.1. The molecule has 0 aliphatic heterocycles. The van der Waals surface area contributed by atoms with Gasteiger partial charge in [0.25, 0.3) is 17.7 Å². The molecule has 3 aromatic carbocycles. The molecule has 2 atom stereocenters. The number of ether oxygens (including phenoxy) is 2. The summed E-state index contributed by atoms with van der Waals surface area (Å²) in [7, 11) is 0. The number of nitrogens with two attached hydrogens (primary N) is 1. The lowest BCUT2D eigenvalue weighted by Crippen LogP contribution is -2.57. The average Bonchev–Trinajstić information content (AvgIpc) is 3.05. The zero-order valence-corrected chi connectivity index (χ0v) is 28.0. The Morgan fingerprint density at radius 2 is 1.52 bits per heavy atom. The third-order valence-corrected chi connectivity index (χ3v) is 7.23. The Kier molecular flexibility index (Phi) is 13.1. The summed E-state index contributed by atoms with van der Waals surface area (Å²) >= 11 is 6.05. The molecule has 3 rings (SSSR count). The maximum absolute atomic E-state index is 14.1. The van der Waals surface area contributed by atoms with Crippen molar-refractivity contribution in [1.82, 2.24) is 21.1 Å². The van der Waals surface area contributed by atoms with Crippen LogP contribution >= 0.6 is 11.6 Å². The van der Waals surface area contributed by atoms with E-state index in [2.05, 4.69) is 16.1 Å². The number of hydrogen-bond donors (Lipinski definition) is 4. The standard InChI is InChI=1S/C33H34ClF4N5O7/c1-5-49-24(45)15-43(23(44)16-50-28-25(37)20(35)14-21(36)26(28)38)42-31(47)27(17-9-7-6-8-10-17)40-32(48)29(33(2,3)4)41-30(46)18-11-12-22(39)19(34)13-18/h6-14,27,29H,5,15-16,39H2,1-4H3,(H,40,48)(H,41,46)(H,42,47)/t27-,29-/m1/s1. The third kappa shape index (κ3) is 10.1. The molecular formula is C33H34ClF4N5O7. The van der Waals surface area contributed by atoms with E-state index in [1.54, 1.807) is 39.0 Å². The van der Waals surface area contributed by atoms with E-state index in [9.17, 15) is 41.5 Å². The first-order valence-corrected chi connectivity index (χ1v) is 15.3. The van der Waals surface area contributed by atoms with Crippen molar-refractivity contribution in [1.29, 1.82) is 0 Å². The first-order valence-electron chi connectivity index (χ1n) is 14.9. The molecule has 0 aromatic heterocycles. The smallest absolute Gasteiger partial charge is 0.327 e. The second-order valence-corrected chi connectivity index (χ2v) is 12.1. The Labute approximate surface area is 289 Å². The largest absolute Gasteiger partial charge is 0.477 e. The van der Waals surface area contributed by atoms with Crippen LogP contribution in [0.5, 0.6) is 5.75 Å². The maximum atomic E-state index is 14.1. The van der Waals surface area contributed by atoms with Crippen molar-refractivity contribution in [2.24, 2.45) is 5.41 Å². The van der Waals surface area contributed by atoms with Gasteiger partial charge in [0.2, 0.25) is 17.5 Å². The first-order chi connectivity index (χ1) is 23.4. The topological polar surface area (TPSA) is 169 Å². The Hall–Kier alpha value is -5.38. The van der Waals surface area contributed by atoms with Crippen LogP contribution in [0, 0.1) is 28.7 Å². The van der Waals surface area contributed by atoms with E-state index >= 15 is 0 Å². The lowest BCUT2D eigenvalue weighted by atomic mass is 9.85. The Morgan fingerprint density at radius 3 is 2.08 bits per heavy atom. The minimum atomic E-state index is -1.93. The summed E-state index contributed by atoms with van der Waals surface area (Å²) < 4.78 is 65.1. The molecule has 0 unspecified atom stereocenters. The predicted molar refractivity (Wildman–Crippen MR) is 172 cm³/mol. The zero-order chi connectivity index (χ0) is 37.3. The summed E-state index contributed by atoms with van der Waals surface area (Å²) in [5.41, 5.74) is 7.47. The molecule has 0 aliphatic rings. The summed E-state index contributed by atoms with van der Waals surface area (Å²) in [6, 6.07) is 8.90. The number of hydrazine groups is 1. The van der Waals surface area contributed by atoms with Gasteiger partial charge in [-0.2, -0.15) is 8.78 Å². The molecule has 12 nitrogen and oxygen atoms in total. The second kappa shape index (κ2) is 16.8. The minimum absolute atomic E-state index is 0.0617. The van der Waals surface area contributed by atoms with E-state index in [4.69, 9.17) is 26.8 Å². The fourth-order valence-electron chi connectivity index (χ4n) is 4.34. The van der Waals surface area contributed by atoms with Gasteiger partial charge in [-0.05, 0) is 36.1 Å². The van der Waals surface area contributed by atoms with E-state index in [0.29, 0.717) is 5.01 Å². The molecule has 0 fully saturated rings. The van der Waals surface area contributed by atoms with Crippen molar-refractivity contribution in [3.05, 3.63) is 94.0 Å².